The number of nitrogens with zero attached hydrogens (tertiary/aromatic N) is 1. The zero-order chi connectivity index (χ0) is 9.90. The maximum absolute atomic E-state index is 11.2. The molecule has 1 aromatic carbocycles. The van der Waals surface area contributed by atoms with Crippen LogP contribution >= 0.6 is 0 Å². The fourth-order valence-corrected chi connectivity index (χ4v) is 1.58. The third kappa shape index (κ3) is 2.13. The molecule has 0 saturated carbocycles. The van der Waals surface area contributed by atoms with Crippen LogP contribution in [0.5, 0.6) is 0 Å². The average molecular weight is 198 g/mol. The molecule has 0 saturated heterocycles. The predicted octanol–water partition coefficient (Wildman–Crippen LogP) is 1.39. The largest absolute Gasteiger partial charge is 0.491 e. The van der Waals surface area contributed by atoms with E-state index in [1.807, 2.05) is 0 Å². The van der Waals surface area contributed by atoms with Crippen LogP contribution in [0.4, 0.5) is 5.69 Å². The molecule has 13 heavy (non-hydrogen) atoms. The highest BCUT2D eigenvalue weighted by molar-refractivity contribution is 7.89. The van der Waals surface area contributed by atoms with Gasteiger partial charge in [0.05, 0.1) is 4.90 Å². The lowest BCUT2D eigenvalue weighted by atomic mass is 10.3. The summed E-state index contributed by atoms with van der Waals surface area (Å²) in [6, 6.07) is 6.15. The second kappa shape index (κ2) is 3.68. The second-order valence-electron chi connectivity index (χ2n) is 2.36. The molecule has 0 aliphatic carbocycles. The highest BCUT2D eigenvalue weighted by Gasteiger charge is 2.08. The minimum absolute atomic E-state index is 0.224. The maximum atomic E-state index is 11.2. The Morgan fingerprint density at radius 1 is 1.31 bits per heavy atom. The van der Waals surface area contributed by atoms with Crippen LogP contribution in [0.25, 0.3) is 5.32 Å². The van der Waals surface area contributed by atoms with Crippen LogP contribution in [0.1, 0.15) is 0 Å². The van der Waals surface area contributed by atoms with E-state index in [2.05, 4.69) is 17.1 Å². The summed E-state index contributed by atoms with van der Waals surface area (Å²) in [5.74, 6) is 0. The lowest BCUT2D eigenvalue weighted by Gasteiger charge is -2.07. The van der Waals surface area contributed by atoms with Crippen molar-refractivity contribution in [3.05, 3.63) is 36.6 Å². The number of hydrogen-bond donors (Lipinski definition) is 1. The molecular formula is C8H10N2O2S. The van der Waals surface area contributed by atoms with E-state index in [4.69, 9.17) is 0 Å². The monoisotopic (exact) mass is 198 g/mol. The Kier molecular flexibility index (Phi) is 2.79. The van der Waals surface area contributed by atoms with Crippen molar-refractivity contribution < 1.29 is 8.42 Å². The summed E-state index contributed by atoms with van der Waals surface area (Å²) in [7, 11) is 1.36. The van der Waals surface area contributed by atoms with Crippen LogP contribution in [-0.2, 0) is 10.0 Å². The SMILES string of the molecule is [CH2+][N-]c1ccc(S(=O)(=O)NC)cc1. The zero-order valence-corrected chi connectivity index (χ0v) is 8.00. The highest BCUT2D eigenvalue weighted by Crippen LogP contribution is 2.18. The summed E-state index contributed by atoms with van der Waals surface area (Å²) in [6.07, 6.45) is 0. The summed E-state index contributed by atoms with van der Waals surface area (Å²) >= 11 is 0. The molecule has 0 radical (unpaired) electrons. The molecule has 4 nitrogen and oxygen atoms in total. The molecule has 1 rings (SSSR count). The van der Waals surface area contributed by atoms with Crippen molar-refractivity contribution in [1.82, 2.24) is 4.72 Å². The molecule has 0 aliphatic rings. The first kappa shape index (κ1) is 9.88. The lowest BCUT2D eigenvalue weighted by molar-refractivity contribution is 0.588. The van der Waals surface area contributed by atoms with Crippen LogP contribution in [0.15, 0.2) is 29.2 Å². The smallest absolute Gasteiger partial charge is 0.240 e. The second-order valence-corrected chi connectivity index (χ2v) is 4.25. The van der Waals surface area contributed by atoms with E-state index in [1.54, 1.807) is 12.1 Å². The van der Waals surface area contributed by atoms with Gasteiger partial charge in [-0.25, -0.2) is 13.1 Å². The molecule has 0 heterocycles. The Hall–Kier alpha value is -1.20. The predicted molar refractivity (Wildman–Crippen MR) is 51.1 cm³/mol. The van der Waals surface area contributed by atoms with Gasteiger partial charge in [0.25, 0.3) is 0 Å². The van der Waals surface area contributed by atoms with E-state index in [9.17, 15) is 8.42 Å². The van der Waals surface area contributed by atoms with Gasteiger partial charge in [0.15, 0.2) is 0 Å². The van der Waals surface area contributed by atoms with Crippen molar-refractivity contribution in [3.63, 3.8) is 0 Å². The Labute approximate surface area is 78.0 Å². The molecule has 0 bridgehead atoms. The third-order valence-electron chi connectivity index (χ3n) is 1.60. The van der Waals surface area contributed by atoms with Crippen molar-refractivity contribution >= 4 is 15.7 Å². The first-order chi connectivity index (χ1) is 6.10. The van der Waals surface area contributed by atoms with Gasteiger partial charge < -0.3 is 5.32 Å². The van der Waals surface area contributed by atoms with Crippen LogP contribution in [0.3, 0.4) is 0 Å². The molecule has 0 unspecified atom stereocenters. The quantitative estimate of drug-likeness (QED) is 0.746. The number of nitrogens with one attached hydrogen (secondary N) is 1. The van der Waals surface area contributed by atoms with Gasteiger partial charge in [-0.2, -0.15) is 0 Å². The van der Waals surface area contributed by atoms with Gasteiger partial charge in [-0.1, -0.05) is 12.1 Å². The van der Waals surface area contributed by atoms with E-state index < -0.39 is 10.0 Å². The molecule has 1 N–H and O–H groups in total. The Morgan fingerprint density at radius 3 is 2.23 bits per heavy atom. The van der Waals surface area contributed by atoms with Crippen LogP contribution in [0, 0.1) is 7.05 Å². The molecule has 0 atom stereocenters. The summed E-state index contributed by atoms with van der Waals surface area (Å²) in [5, 5.41) is 3.65. The molecular weight excluding hydrogens is 188 g/mol. The first-order valence-electron chi connectivity index (χ1n) is 3.60. The molecule has 0 amide bonds. The summed E-state index contributed by atoms with van der Waals surface area (Å²) in [6.45, 7) is 0. The minimum Gasteiger partial charge on any atom is -0.491 e. The normalized spacial score (nSPS) is 11.2. The highest BCUT2D eigenvalue weighted by atomic mass is 32.2. The molecule has 1 aromatic rings. The lowest BCUT2D eigenvalue weighted by Crippen LogP contribution is -2.18. The molecule has 0 aliphatic heterocycles. The van der Waals surface area contributed by atoms with Gasteiger partial charge in [-0.05, 0) is 19.2 Å². The summed E-state index contributed by atoms with van der Waals surface area (Å²) < 4.78 is 24.7. The zero-order valence-electron chi connectivity index (χ0n) is 7.19. The fourth-order valence-electron chi connectivity index (χ4n) is 0.849. The molecule has 0 fully saturated rings. The van der Waals surface area contributed by atoms with Crippen molar-refractivity contribution in [1.29, 1.82) is 0 Å². The van der Waals surface area contributed by atoms with E-state index in [0.717, 1.165) is 0 Å². The summed E-state index contributed by atoms with van der Waals surface area (Å²) in [5.41, 5.74) is 0.648. The van der Waals surface area contributed by atoms with Crippen LogP contribution < -0.4 is 4.72 Å². The van der Waals surface area contributed by atoms with Crippen molar-refractivity contribution in [2.75, 3.05) is 7.05 Å². The topological polar surface area (TPSA) is 60.3 Å². The van der Waals surface area contributed by atoms with Crippen molar-refractivity contribution in [3.8, 4) is 0 Å². The fraction of sp³-hybridized carbons (Fsp3) is 0.125. The Bertz CT molecular complexity index is 370. The summed E-state index contributed by atoms with van der Waals surface area (Å²) in [4.78, 5) is 0.224. The van der Waals surface area contributed by atoms with Gasteiger partial charge >= 0.3 is 0 Å². The minimum atomic E-state index is -3.34. The van der Waals surface area contributed by atoms with Gasteiger partial charge in [0.2, 0.25) is 10.0 Å². The number of benzene rings is 1. The van der Waals surface area contributed by atoms with E-state index in [0.29, 0.717) is 5.69 Å². The average Bonchev–Trinajstić information content (AvgIpc) is 2.18. The number of sulfonamides is 1. The number of rotatable bonds is 3. The van der Waals surface area contributed by atoms with E-state index >= 15 is 0 Å². The molecule has 70 valence electrons. The standard InChI is InChI=1S/C8H10N2O2S/c1-9-7-3-5-8(6-4-7)13(11,12)10-2/h3-6,10H,1H2,2H3. The third-order valence-corrected chi connectivity index (χ3v) is 3.03. The first-order valence-corrected chi connectivity index (χ1v) is 5.09. The number of hydrogen-bond acceptors (Lipinski definition) is 2. The van der Waals surface area contributed by atoms with Crippen molar-refractivity contribution in [2.45, 2.75) is 4.90 Å². The van der Waals surface area contributed by atoms with Crippen LogP contribution in [0.2, 0.25) is 0 Å². The van der Waals surface area contributed by atoms with Crippen LogP contribution in [-0.4, -0.2) is 15.5 Å². The molecule has 0 spiro atoms. The van der Waals surface area contributed by atoms with Gasteiger partial charge in [-0.15, -0.1) is 5.69 Å². The van der Waals surface area contributed by atoms with E-state index in [-0.39, 0.29) is 4.90 Å². The maximum Gasteiger partial charge on any atom is 0.240 e. The van der Waals surface area contributed by atoms with E-state index in [1.165, 1.54) is 19.2 Å². The van der Waals surface area contributed by atoms with Gasteiger partial charge in [-0.3, -0.25) is 0 Å². The van der Waals surface area contributed by atoms with Gasteiger partial charge in [0, 0.05) is 7.05 Å². The molecule has 0 aromatic heterocycles. The Morgan fingerprint density at radius 2 is 1.85 bits per heavy atom. The van der Waals surface area contributed by atoms with Crippen molar-refractivity contribution in [2.24, 2.45) is 0 Å². The molecule has 5 heteroatoms. The Balaban J connectivity index is 3.06. The van der Waals surface area contributed by atoms with Gasteiger partial charge in [0.1, 0.15) is 0 Å².